The molecule has 104 valence electrons. The van der Waals surface area contributed by atoms with E-state index in [1.54, 1.807) is 31.2 Å². The summed E-state index contributed by atoms with van der Waals surface area (Å²) in [5, 5.41) is 14.6. The minimum absolute atomic E-state index is 0.0563. The van der Waals surface area contributed by atoms with Gasteiger partial charge in [0, 0.05) is 5.69 Å². The second-order valence-electron chi connectivity index (χ2n) is 3.94. The highest BCUT2D eigenvalue weighted by molar-refractivity contribution is 7.92. The largest absolute Gasteiger partial charge is 0.479 e. The van der Waals surface area contributed by atoms with Crippen molar-refractivity contribution in [3.8, 4) is 11.8 Å². The number of anilines is 1. The molecule has 0 amide bonds. The fourth-order valence-corrected chi connectivity index (χ4v) is 2.75. The van der Waals surface area contributed by atoms with Crippen molar-refractivity contribution in [1.29, 1.82) is 5.26 Å². The number of nitriles is 1. The molecule has 2 rings (SSSR count). The van der Waals surface area contributed by atoms with Crippen molar-refractivity contribution < 1.29 is 13.2 Å². The lowest BCUT2D eigenvalue weighted by Gasteiger charge is -2.08. The van der Waals surface area contributed by atoms with E-state index in [1.807, 2.05) is 6.07 Å². The van der Waals surface area contributed by atoms with Crippen molar-refractivity contribution in [1.82, 2.24) is 10.2 Å². The average molecular weight is 292 g/mol. The first-order valence-corrected chi connectivity index (χ1v) is 7.14. The molecule has 0 saturated heterocycles. The SMILES string of the molecule is Cc1[nH]ncc1S(=O)(=O)Nc1ccc(OCC#N)cc1. The van der Waals surface area contributed by atoms with E-state index in [0.29, 0.717) is 17.1 Å². The van der Waals surface area contributed by atoms with Gasteiger partial charge in [0.05, 0.1) is 11.9 Å². The minimum Gasteiger partial charge on any atom is -0.479 e. The Morgan fingerprint density at radius 2 is 2.10 bits per heavy atom. The van der Waals surface area contributed by atoms with Gasteiger partial charge >= 0.3 is 0 Å². The molecule has 0 aliphatic carbocycles. The van der Waals surface area contributed by atoms with E-state index < -0.39 is 10.0 Å². The predicted molar refractivity (Wildman–Crippen MR) is 71.7 cm³/mol. The number of sulfonamides is 1. The molecule has 8 heteroatoms. The third kappa shape index (κ3) is 3.07. The summed E-state index contributed by atoms with van der Waals surface area (Å²) in [6, 6.07) is 8.12. The summed E-state index contributed by atoms with van der Waals surface area (Å²) >= 11 is 0. The molecule has 0 unspecified atom stereocenters. The van der Waals surface area contributed by atoms with Crippen LogP contribution in [0.5, 0.6) is 5.75 Å². The Hall–Kier alpha value is -2.53. The molecule has 0 fully saturated rings. The molecule has 7 nitrogen and oxygen atoms in total. The molecule has 1 heterocycles. The van der Waals surface area contributed by atoms with Crippen LogP contribution in [0.4, 0.5) is 5.69 Å². The summed E-state index contributed by atoms with van der Waals surface area (Å²) < 4.78 is 31.7. The van der Waals surface area contributed by atoms with E-state index in [1.165, 1.54) is 6.20 Å². The zero-order chi connectivity index (χ0) is 14.6. The fraction of sp³-hybridized carbons (Fsp3) is 0.167. The number of aryl methyl sites for hydroxylation is 1. The van der Waals surface area contributed by atoms with Gasteiger partial charge in [0.2, 0.25) is 0 Å². The van der Waals surface area contributed by atoms with Crippen molar-refractivity contribution in [2.75, 3.05) is 11.3 Å². The van der Waals surface area contributed by atoms with Crippen LogP contribution in [0.25, 0.3) is 0 Å². The molecule has 2 N–H and O–H groups in total. The van der Waals surface area contributed by atoms with Gasteiger partial charge in [-0.1, -0.05) is 0 Å². The summed E-state index contributed by atoms with van der Waals surface area (Å²) in [6.07, 6.45) is 1.25. The van der Waals surface area contributed by atoms with E-state index in [9.17, 15) is 8.42 Å². The number of hydrogen-bond donors (Lipinski definition) is 2. The molecule has 20 heavy (non-hydrogen) atoms. The Morgan fingerprint density at radius 1 is 1.40 bits per heavy atom. The molecule has 0 spiro atoms. The topological polar surface area (TPSA) is 108 Å². The third-order valence-electron chi connectivity index (χ3n) is 2.48. The first kappa shape index (κ1) is 13.9. The summed E-state index contributed by atoms with van der Waals surface area (Å²) in [5.41, 5.74) is 0.862. The van der Waals surface area contributed by atoms with Crippen LogP contribution in [0.2, 0.25) is 0 Å². The summed E-state index contributed by atoms with van der Waals surface area (Å²) in [7, 11) is -3.67. The Kier molecular flexibility index (Phi) is 3.91. The lowest BCUT2D eigenvalue weighted by Crippen LogP contribution is -2.13. The normalized spacial score (nSPS) is 10.8. The highest BCUT2D eigenvalue weighted by atomic mass is 32.2. The van der Waals surface area contributed by atoms with Gasteiger partial charge in [-0.25, -0.2) is 8.42 Å². The molecule has 0 aliphatic rings. The maximum absolute atomic E-state index is 12.1. The van der Waals surface area contributed by atoms with E-state index >= 15 is 0 Å². The molecule has 2 aromatic rings. The number of aromatic nitrogens is 2. The van der Waals surface area contributed by atoms with Gasteiger partial charge in [0.15, 0.2) is 6.61 Å². The molecule has 1 aromatic carbocycles. The van der Waals surface area contributed by atoms with Crippen LogP contribution in [0.15, 0.2) is 35.4 Å². The monoisotopic (exact) mass is 292 g/mol. The second kappa shape index (κ2) is 5.63. The molecule has 0 aliphatic heterocycles. The maximum atomic E-state index is 12.1. The molecule has 0 bridgehead atoms. The van der Waals surface area contributed by atoms with Crippen LogP contribution in [-0.2, 0) is 10.0 Å². The van der Waals surface area contributed by atoms with Gasteiger partial charge in [0.25, 0.3) is 10.0 Å². The van der Waals surface area contributed by atoms with Crippen LogP contribution >= 0.6 is 0 Å². The zero-order valence-corrected chi connectivity index (χ0v) is 11.4. The van der Waals surface area contributed by atoms with Gasteiger partial charge in [-0.2, -0.15) is 10.4 Å². The summed E-state index contributed by atoms with van der Waals surface area (Å²) in [4.78, 5) is 0.0994. The minimum atomic E-state index is -3.67. The smallest absolute Gasteiger partial charge is 0.265 e. The van der Waals surface area contributed by atoms with Crippen LogP contribution in [0.3, 0.4) is 0 Å². The molecule has 0 radical (unpaired) electrons. The third-order valence-corrected chi connectivity index (χ3v) is 3.98. The number of ether oxygens (including phenoxy) is 1. The maximum Gasteiger partial charge on any atom is 0.265 e. The van der Waals surface area contributed by atoms with Crippen LogP contribution in [0.1, 0.15) is 5.69 Å². The van der Waals surface area contributed by atoms with Crippen LogP contribution in [-0.4, -0.2) is 25.2 Å². The van der Waals surface area contributed by atoms with Gasteiger partial charge < -0.3 is 4.74 Å². The van der Waals surface area contributed by atoms with Crippen molar-refractivity contribution in [2.24, 2.45) is 0 Å². The number of nitrogens with one attached hydrogen (secondary N) is 2. The fourth-order valence-electron chi connectivity index (χ4n) is 1.56. The second-order valence-corrected chi connectivity index (χ2v) is 5.59. The zero-order valence-electron chi connectivity index (χ0n) is 10.6. The number of rotatable bonds is 5. The van der Waals surface area contributed by atoms with Crippen molar-refractivity contribution >= 4 is 15.7 Å². The number of hydrogen-bond acceptors (Lipinski definition) is 5. The van der Waals surface area contributed by atoms with Crippen molar-refractivity contribution in [3.63, 3.8) is 0 Å². The molecule has 0 saturated carbocycles. The quantitative estimate of drug-likeness (QED) is 0.866. The predicted octanol–water partition coefficient (Wildman–Crippen LogP) is 1.42. The Labute approximate surface area is 116 Å². The standard InChI is InChI=1S/C12H12N4O3S/c1-9-12(8-14-15-9)20(17,18)16-10-2-4-11(5-3-10)19-7-6-13/h2-5,8,16H,7H2,1H3,(H,14,15). The van der Waals surface area contributed by atoms with Crippen molar-refractivity contribution in [3.05, 3.63) is 36.2 Å². The number of aromatic amines is 1. The van der Waals surface area contributed by atoms with Gasteiger partial charge in [0.1, 0.15) is 16.7 Å². The lowest BCUT2D eigenvalue weighted by molar-refractivity contribution is 0.368. The molecule has 0 atom stereocenters. The van der Waals surface area contributed by atoms with E-state index in [2.05, 4.69) is 14.9 Å². The number of benzene rings is 1. The van der Waals surface area contributed by atoms with Gasteiger partial charge in [-0.05, 0) is 31.2 Å². The Morgan fingerprint density at radius 3 is 2.65 bits per heavy atom. The summed E-state index contributed by atoms with van der Waals surface area (Å²) in [5.74, 6) is 0.494. The highest BCUT2D eigenvalue weighted by Gasteiger charge is 2.18. The average Bonchev–Trinajstić information content (AvgIpc) is 2.85. The van der Waals surface area contributed by atoms with Crippen LogP contribution in [0, 0.1) is 18.3 Å². The molecular formula is C12H12N4O3S. The first-order valence-electron chi connectivity index (χ1n) is 5.65. The summed E-state index contributed by atoms with van der Waals surface area (Å²) in [6.45, 7) is 1.57. The number of H-pyrrole nitrogens is 1. The highest BCUT2D eigenvalue weighted by Crippen LogP contribution is 2.20. The van der Waals surface area contributed by atoms with E-state index in [0.717, 1.165) is 0 Å². The first-order chi connectivity index (χ1) is 9.53. The Bertz CT molecular complexity index is 729. The van der Waals surface area contributed by atoms with Crippen molar-refractivity contribution in [2.45, 2.75) is 11.8 Å². The lowest BCUT2D eigenvalue weighted by atomic mass is 10.3. The van der Waals surface area contributed by atoms with Gasteiger partial charge in [-0.3, -0.25) is 9.82 Å². The molecule has 1 aromatic heterocycles. The molecular weight excluding hydrogens is 280 g/mol. The number of nitrogens with zero attached hydrogens (tertiary/aromatic N) is 2. The van der Waals surface area contributed by atoms with Gasteiger partial charge in [-0.15, -0.1) is 0 Å². The van der Waals surface area contributed by atoms with Crippen LogP contribution < -0.4 is 9.46 Å². The Balaban J connectivity index is 2.14. The van der Waals surface area contributed by atoms with E-state index in [-0.39, 0.29) is 11.5 Å². The van der Waals surface area contributed by atoms with E-state index in [4.69, 9.17) is 10.00 Å².